The van der Waals surface area contributed by atoms with Crippen molar-refractivity contribution >= 4 is 27.5 Å². The van der Waals surface area contributed by atoms with Gasteiger partial charge >= 0.3 is 0 Å². The Bertz CT molecular complexity index is 829. The highest BCUT2D eigenvalue weighted by atomic mass is 32.1. The van der Waals surface area contributed by atoms with Crippen molar-refractivity contribution in [1.29, 1.82) is 0 Å². The Kier molecular flexibility index (Phi) is 3.42. The van der Waals surface area contributed by atoms with Crippen LogP contribution in [0.25, 0.3) is 15.9 Å². The van der Waals surface area contributed by atoms with Crippen molar-refractivity contribution in [3.63, 3.8) is 0 Å². The topological polar surface area (TPSA) is 75.6 Å². The van der Waals surface area contributed by atoms with Gasteiger partial charge < -0.3 is 9.88 Å². The highest BCUT2D eigenvalue weighted by Gasteiger charge is 2.16. The molecule has 1 saturated carbocycles. The summed E-state index contributed by atoms with van der Waals surface area (Å²) < 4.78 is 2.54. The minimum atomic E-state index is -0.0836. The summed E-state index contributed by atoms with van der Waals surface area (Å²) in [6.45, 7) is 0. The van der Waals surface area contributed by atoms with Gasteiger partial charge in [0.25, 0.3) is 5.56 Å². The molecule has 3 aromatic heterocycles. The van der Waals surface area contributed by atoms with Crippen molar-refractivity contribution in [3.8, 4) is 5.69 Å². The number of hydrogen-bond donors (Lipinski definition) is 2. The zero-order chi connectivity index (χ0) is 14.9. The molecule has 2 N–H and O–H groups in total. The number of fused-ring (bicyclic) bond motifs is 1. The number of aromatic nitrogens is 4. The molecule has 0 aliphatic heterocycles. The maximum atomic E-state index is 12.3. The van der Waals surface area contributed by atoms with Crippen molar-refractivity contribution < 1.29 is 0 Å². The van der Waals surface area contributed by atoms with Gasteiger partial charge in [0.1, 0.15) is 10.2 Å². The first-order valence-electron chi connectivity index (χ1n) is 7.57. The summed E-state index contributed by atoms with van der Waals surface area (Å²) in [6, 6.07) is 0.407. The van der Waals surface area contributed by atoms with Gasteiger partial charge in [-0.05, 0) is 12.8 Å². The highest BCUT2D eigenvalue weighted by molar-refractivity contribution is 7.17. The predicted octanol–water partition coefficient (Wildman–Crippen LogP) is 2.91. The molecule has 6 nitrogen and oxygen atoms in total. The van der Waals surface area contributed by atoms with Crippen molar-refractivity contribution in [3.05, 3.63) is 34.5 Å². The van der Waals surface area contributed by atoms with E-state index in [9.17, 15) is 4.79 Å². The van der Waals surface area contributed by atoms with Crippen LogP contribution in [0.5, 0.6) is 0 Å². The Labute approximate surface area is 131 Å². The van der Waals surface area contributed by atoms with Gasteiger partial charge in [-0.15, -0.1) is 11.3 Å². The number of thiophene rings is 1. The molecular formula is C15H17N5OS. The van der Waals surface area contributed by atoms with E-state index >= 15 is 0 Å². The first-order valence-corrected chi connectivity index (χ1v) is 8.45. The predicted molar refractivity (Wildman–Crippen MR) is 87.9 cm³/mol. The van der Waals surface area contributed by atoms with Gasteiger partial charge in [-0.2, -0.15) is 0 Å². The second-order valence-electron chi connectivity index (χ2n) is 5.66. The third-order valence-electron chi connectivity index (χ3n) is 4.14. The number of rotatable bonds is 3. The summed E-state index contributed by atoms with van der Waals surface area (Å²) in [5.74, 6) is 0.573. The number of imidazole rings is 1. The zero-order valence-corrected chi connectivity index (χ0v) is 12.9. The number of hydrogen-bond acceptors (Lipinski definition) is 5. The second-order valence-corrected chi connectivity index (χ2v) is 6.54. The van der Waals surface area contributed by atoms with Crippen molar-refractivity contribution in [2.24, 2.45) is 0 Å². The number of H-pyrrole nitrogens is 1. The molecule has 0 bridgehead atoms. The summed E-state index contributed by atoms with van der Waals surface area (Å²) in [6.07, 6.45) is 11.4. The zero-order valence-electron chi connectivity index (χ0n) is 12.1. The molecular weight excluding hydrogens is 298 g/mol. The van der Waals surface area contributed by atoms with Crippen molar-refractivity contribution in [1.82, 2.24) is 19.5 Å². The molecule has 3 heterocycles. The van der Waals surface area contributed by atoms with E-state index in [-0.39, 0.29) is 5.56 Å². The lowest BCUT2D eigenvalue weighted by molar-refractivity contribution is 0.461. The van der Waals surface area contributed by atoms with Crippen molar-refractivity contribution in [2.75, 3.05) is 5.32 Å². The number of nitrogens with zero attached hydrogens (tertiary/aromatic N) is 3. The van der Waals surface area contributed by atoms with Crippen LogP contribution in [0.4, 0.5) is 5.95 Å². The van der Waals surface area contributed by atoms with Crippen LogP contribution in [0.3, 0.4) is 0 Å². The molecule has 1 fully saturated rings. The smallest absolute Gasteiger partial charge is 0.270 e. The maximum absolute atomic E-state index is 12.3. The molecule has 114 valence electrons. The van der Waals surface area contributed by atoms with E-state index in [1.54, 1.807) is 12.5 Å². The molecule has 4 rings (SSSR count). The van der Waals surface area contributed by atoms with Gasteiger partial charge in [0, 0.05) is 23.8 Å². The molecule has 1 aliphatic carbocycles. The summed E-state index contributed by atoms with van der Waals surface area (Å²) in [5, 5.41) is 5.33. The monoisotopic (exact) mass is 315 g/mol. The third kappa shape index (κ3) is 2.41. The molecule has 0 aromatic carbocycles. The summed E-state index contributed by atoms with van der Waals surface area (Å²) in [4.78, 5) is 23.8. The van der Waals surface area contributed by atoms with E-state index in [0.29, 0.717) is 16.7 Å². The molecule has 3 aromatic rings. The molecule has 0 amide bonds. The van der Waals surface area contributed by atoms with E-state index in [2.05, 4.69) is 20.3 Å². The molecule has 0 saturated heterocycles. The SMILES string of the molecule is O=c1[nH]c(NC2CCCCC2)nc2c(-n3ccnc3)csc12. The fourth-order valence-corrected chi connectivity index (χ4v) is 3.89. The Balaban J connectivity index is 1.74. The van der Waals surface area contributed by atoms with Crippen LogP contribution in [0.2, 0.25) is 0 Å². The number of aromatic amines is 1. The molecule has 0 spiro atoms. The van der Waals surface area contributed by atoms with E-state index in [0.717, 1.165) is 24.0 Å². The lowest BCUT2D eigenvalue weighted by Gasteiger charge is -2.22. The van der Waals surface area contributed by atoms with Gasteiger partial charge in [-0.1, -0.05) is 19.3 Å². The average molecular weight is 315 g/mol. The minimum Gasteiger partial charge on any atom is -0.353 e. The molecule has 7 heteroatoms. The third-order valence-corrected chi connectivity index (χ3v) is 5.09. The fraction of sp³-hybridized carbons (Fsp3) is 0.400. The Hall–Kier alpha value is -2.15. The minimum absolute atomic E-state index is 0.0836. The first kappa shape index (κ1) is 13.5. The molecule has 0 unspecified atom stereocenters. The highest BCUT2D eigenvalue weighted by Crippen LogP contribution is 2.26. The normalized spacial score (nSPS) is 16.2. The molecule has 0 atom stereocenters. The Morgan fingerprint density at radius 2 is 2.18 bits per heavy atom. The van der Waals surface area contributed by atoms with Crippen LogP contribution in [0, 0.1) is 0 Å². The van der Waals surface area contributed by atoms with Crippen LogP contribution < -0.4 is 10.9 Å². The molecule has 0 radical (unpaired) electrons. The van der Waals surface area contributed by atoms with E-state index in [1.165, 1.54) is 30.6 Å². The largest absolute Gasteiger partial charge is 0.353 e. The summed E-state index contributed by atoms with van der Waals surface area (Å²) in [5.41, 5.74) is 1.54. The van der Waals surface area contributed by atoms with E-state index in [4.69, 9.17) is 0 Å². The van der Waals surface area contributed by atoms with E-state index in [1.807, 2.05) is 16.1 Å². The standard InChI is InChI=1S/C15H17N5OS/c21-14-13-12(11(8-22-13)20-7-6-16-9-20)18-15(19-14)17-10-4-2-1-3-5-10/h6-10H,1-5H2,(H2,17,18,19,21). The van der Waals surface area contributed by atoms with Gasteiger partial charge in [-0.25, -0.2) is 9.97 Å². The van der Waals surface area contributed by atoms with Gasteiger partial charge in [0.2, 0.25) is 5.95 Å². The molecule has 1 aliphatic rings. The van der Waals surface area contributed by atoms with Crippen LogP contribution in [-0.2, 0) is 0 Å². The van der Waals surface area contributed by atoms with Crippen LogP contribution in [-0.4, -0.2) is 25.6 Å². The Morgan fingerprint density at radius 3 is 2.95 bits per heavy atom. The molecule has 22 heavy (non-hydrogen) atoms. The first-order chi connectivity index (χ1) is 10.8. The van der Waals surface area contributed by atoms with Crippen LogP contribution in [0.1, 0.15) is 32.1 Å². The average Bonchev–Trinajstić information content (AvgIpc) is 3.17. The number of nitrogens with one attached hydrogen (secondary N) is 2. The quantitative estimate of drug-likeness (QED) is 0.779. The van der Waals surface area contributed by atoms with Crippen LogP contribution >= 0.6 is 11.3 Å². The lowest BCUT2D eigenvalue weighted by atomic mass is 9.96. The van der Waals surface area contributed by atoms with Gasteiger partial charge in [0.05, 0.1) is 12.0 Å². The van der Waals surface area contributed by atoms with E-state index < -0.39 is 0 Å². The lowest BCUT2D eigenvalue weighted by Crippen LogP contribution is -2.25. The Morgan fingerprint density at radius 1 is 1.32 bits per heavy atom. The maximum Gasteiger partial charge on any atom is 0.270 e. The van der Waals surface area contributed by atoms with Gasteiger partial charge in [0.15, 0.2) is 0 Å². The number of anilines is 1. The fourth-order valence-electron chi connectivity index (χ4n) is 3.01. The van der Waals surface area contributed by atoms with Crippen LogP contribution in [0.15, 0.2) is 28.9 Å². The van der Waals surface area contributed by atoms with Gasteiger partial charge in [-0.3, -0.25) is 9.78 Å². The van der Waals surface area contributed by atoms with Crippen molar-refractivity contribution in [2.45, 2.75) is 38.1 Å². The summed E-state index contributed by atoms with van der Waals surface area (Å²) in [7, 11) is 0. The summed E-state index contributed by atoms with van der Waals surface area (Å²) >= 11 is 1.41. The second kappa shape index (κ2) is 5.57.